The minimum absolute atomic E-state index is 0.0311. The number of hydrogen-bond acceptors (Lipinski definition) is 3. The quantitative estimate of drug-likeness (QED) is 0.569. The molecule has 1 amide bonds. The van der Waals surface area contributed by atoms with E-state index >= 15 is 0 Å². The molecule has 2 rings (SSSR count). The van der Waals surface area contributed by atoms with Crippen LogP contribution in [0.1, 0.15) is 44.6 Å². The van der Waals surface area contributed by atoms with Crippen LogP contribution >= 0.6 is 0 Å². The molecule has 0 atom stereocenters. The summed E-state index contributed by atoms with van der Waals surface area (Å²) in [7, 11) is 5.18. The highest BCUT2D eigenvalue weighted by Crippen LogP contribution is 2.26. The number of nitrogens with one attached hydrogen (secondary N) is 2. The molecule has 27 heavy (non-hydrogen) atoms. The number of likely N-dealkylation sites (N-methyl/N-ethyl adjacent to an activating group) is 1. The first-order chi connectivity index (χ1) is 13.0. The molecule has 1 fully saturated rings. The molecule has 0 saturated heterocycles. The number of carbonyl (C=O) groups is 1. The Morgan fingerprint density at radius 3 is 2.41 bits per heavy atom. The van der Waals surface area contributed by atoms with Crippen LogP contribution in [0, 0.1) is 5.92 Å². The van der Waals surface area contributed by atoms with Crippen molar-refractivity contribution in [2.75, 3.05) is 27.7 Å². The van der Waals surface area contributed by atoms with Crippen molar-refractivity contribution in [3.05, 3.63) is 29.8 Å². The molecule has 1 aliphatic rings. The summed E-state index contributed by atoms with van der Waals surface area (Å²) in [6.07, 6.45) is 6.10. The third-order valence-corrected chi connectivity index (χ3v) is 5.25. The fourth-order valence-electron chi connectivity index (χ4n) is 3.28. The fraction of sp³-hybridized carbons (Fsp3) is 0.619. The molecule has 6 heteroatoms. The molecular weight excluding hydrogens is 340 g/mol. The first-order valence-corrected chi connectivity index (χ1v) is 9.89. The van der Waals surface area contributed by atoms with E-state index in [1.165, 1.54) is 19.3 Å². The van der Waals surface area contributed by atoms with Gasteiger partial charge in [-0.15, -0.1) is 0 Å². The van der Waals surface area contributed by atoms with E-state index in [1.807, 2.05) is 24.3 Å². The lowest BCUT2D eigenvalue weighted by Gasteiger charge is -2.29. The van der Waals surface area contributed by atoms with E-state index in [4.69, 9.17) is 9.73 Å². The Balaban J connectivity index is 1.98. The number of nitrogens with zero attached hydrogens (tertiary/aromatic N) is 2. The second-order valence-corrected chi connectivity index (χ2v) is 7.42. The molecular formula is C21H34N4O2. The zero-order chi connectivity index (χ0) is 19.6. The van der Waals surface area contributed by atoms with Crippen molar-refractivity contribution in [2.24, 2.45) is 10.9 Å². The van der Waals surface area contributed by atoms with Crippen LogP contribution in [0.3, 0.4) is 0 Å². The molecule has 150 valence electrons. The summed E-state index contributed by atoms with van der Waals surface area (Å²) >= 11 is 0. The number of hydrogen-bond donors (Lipinski definition) is 2. The molecule has 1 aromatic carbocycles. The van der Waals surface area contributed by atoms with Crippen molar-refractivity contribution in [3.8, 4) is 5.75 Å². The first-order valence-electron chi connectivity index (χ1n) is 9.89. The fourth-order valence-corrected chi connectivity index (χ4v) is 3.28. The lowest BCUT2D eigenvalue weighted by Crippen LogP contribution is -2.47. The van der Waals surface area contributed by atoms with E-state index in [2.05, 4.69) is 17.6 Å². The summed E-state index contributed by atoms with van der Waals surface area (Å²) < 4.78 is 5.20. The number of ether oxygens (including phenoxy) is 1. The molecule has 1 saturated carbocycles. The third-order valence-electron chi connectivity index (χ3n) is 5.25. The Kier molecular flexibility index (Phi) is 8.43. The predicted octanol–water partition coefficient (Wildman–Crippen LogP) is 2.79. The maximum absolute atomic E-state index is 11.9. The van der Waals surface area contributed by atoms with Crippen LogP contribution in [0.15, 0.2) is 29.3 Å². The molecule has 6 nitrogen and oxygen atoms in total. The van der Waals surface area contributed by atoms with Crippen molar-refractivity contribution in [1.29, 1.82) is 0 Å². The molecule has 0 aromatic heterocycles. The van der Waals surface area contributed by atoms with Gasteiger partial charge in [0.1, 0.15) is 5.75 Å². The molecule has 1 aromatic rings. The largest absolute Gasteiger partial charge is 0.497 e. The Bertz CT molecular complexity index is 605. The summed E-state index contributed by atoms with van der Waals surface area (Å²) in [6, 6.07) is 8.32. The number of carbonyl (C=O) groups excluding carboxylic acids is 1. The molecule has 0 radical (unpaired) electrons. The zero-order valence-corrected chi connectivity index (χ0v) is 17.1. The maximum atomic E-state index is 11.9. The minimum atomic E-state index is 0.0311. The highest BCUT2D eigenvalue weighted by atomic mass is 16.5. The Hall–Kier alpha value is -2.24. The Morgan fingerprint density at radius 1 is 1.19 bits per heavy atom. The third kappa shape index (κ3) is 7.12. The van der Waals surface area contributed by atoms with Gasteiger partial charge in [-0.2, -0.15) is 0 Å². The van der Waals surface area contributed by atoms with E-state index in [1.54, 1.807) is 26.1 Å². The average molecular weight is 375 g/mol. The molecule has 0 spiro atoms. The highest BCUT2D eigenvalue weighted by molar-refractivity contribution is 5.86. The van der Waals surface area contributed by atoms with Crippen LogP contribution in [0.5, 0.6) is 5.75 Å². The summed E-state index contributed by atoms with van der Waals surface area (Å²) in [5, 5.41) is 6.72. The van der Waals surface area contributed by atoms with Gasteiger partial charge in [-0.25, -0.2) is 4.99 Å². The summed E-state index contributed by atoms with van der Waals surface area (Å²) in [5.41, 5.74) is 1.10. The number of guanidine groups is 1. The van der Waals surface area contributed by atoms with Crippen LogP contribution in [0.2, 0.25) is 0 Å². The molecule has 0 unspecified atom stereocenters. The average Bonchev–Trinajstić information content (AvgIpc) is 2.70. The van der Waals surface area contributed by atoms with Gasteiger partial charge in [0.15, 0.2) is 5.96 Å². The van der Waals surface area contributed by atoms with Crippen LogP contribution in [0.4, 0.5) is 0 Å². The van der Waals surface area contributed by atoms with Gasteiger partial charge >= 0.3 is 0 Å². The lowest BCUT2D eigenvalue weighted by atomic mass is 9.84. The molecule has 2 N–H and O–H groups in total. The van der Waals surface area contributed by atoms with Crippen molar-refractivity contribution in [3.63, 3.8) is 0 Å². The van der Waals surface area contributed by atoms with Crippen LogP contribution in [-0.4, -0.2) is 50.6 Å². The Morgan fingerprint density at radius 2 is 1.85 bits per heavy atom. The van der Waals surface area contributed by atoms with Gasteiger partial charge < -0.3 is 20.3 Å². The van der Waals surface area contributed by atoms with E-state index < -0.39 is 0 Å². The second kappa shape index (κ2) is 10.8. The van der Waals surface area contributed by atoms with E-state index in [0.29, 0.717) is 18.5 Å². The number of rotatable bonds is 7. The second-order valence-electron chi connectivity index (χ2n) is 7.42. The molecule has 0 aliphatic heterocycles. The van der Waals surface area contributed by atoms with E-state index in [9.17, 15) is 4.79 Å². The van der Waals surface area contributed by atoms with Gasteiger partial charge in [0.2, 0.25) is 5.91 Å². The van der Waals surface area contributed by atoms with Crippen molar-refractivity contribution in [2.45, 2.75) is 51.6 Å². The predicted molar refractivity (Wildman–Crippen MR) is 110 cm³/mol. The zero-order valence-electron chi connectivity index (χ0n) is 17.1. The summed E-state index contributed by atoms with van der Waals surface area (Å²) in [4.78, 5) is 18.2. The normalized spacial score (nSPS) is 20.1. The van der Waals surface area contributed by atoms with Gasteiger partial charge in [0.25, 0.3) is 0 Å². The smallest absolute Gasteiger partial charge is 0.241 e. The maximum Gasteiger partial charge on any atom is 0.241 e. The first kappa shape index (κ1) is 21.1. The molecule has 1 aliphatic carbocycles. The molecule has 0 heterocycles. The number of amides is 1. The topological polar surface area (TPSA) is 66.0 Å². The van der Waals surface area contributed by atoms with Crippen molar-refractivity contribution in [1.82, 2.24) is 15.5 Å². The van der Waals surface area contributed by atoms with Gasteiger partial charge in [-0.05, 0) is 49.3 Å². The Labute approximate surface area is 163 Å². The van der Waals surface area contributed by atoms with Gasteiger partial charge in [-0.3, -0.25) is 4.79 Å². The number of benzene rings is 1. The highest BCUT2D eigenvalue weighted by Gasteiger charge is 2.21. The minimum Gasteiger partial charge on any atom is -0.497 e. The SMILES string of the molecule is CCC1CCC(NC(=NCc2ccc(OC)cc2)NCC(=O)N(C)C)CC1. The van der Waals surface area contributed by atoms with Crippen LogP contribution < -0.4 is 15.4 Å². The van der Waals surface area contributed by atoms with Gasteiger partial charge in [-0.1, -0.05) is 25.5 Å². The molecule has 0 bridgehead atoms. The summed E-state index contributed by atoms with van der Waals surface area (Å²) in [5.74, 6) is 2.43. The summed E-state index contributed by atoms with van der Waals surface area (Å²) in [6.45, 7) is 3.07. The monoisotopic (exact) mass is 374 g/mol. The van der Waals surface area contributed by atoms with Gasteiger partial charge in [0.05, 0.1) is 20.2 Å². The number of aliphatic imine (C=N–C) groups is 1. The van der Waals surface area contributed by atoms with E-state index in [-0.39, 0.29) is 12.5 Å². The van der Waals surface area contributed by atoms with E-state index in [0.717, 1.165) is 30.1 Å². The van der Waals surface area contributed by atoms with Crippen LogP contribution in [-0.2, 0) is 11.3 Å². The lowest BCUT2D eigenvalue weighted by molar-refractivity contribution is -0.127. The standard InChI is InChI=1S/C21H34N4O2/c1-5-16-6-10-18(11-7-16)24-21(23-15-20(26)25(2)3)22-14-17-8-12-19(27-4)13-9-17/h8-9,12-13,16,18H,5-7,10-11,14-15H2,1-4H3,(H2,22,23,24). The number of methoxy groups -OCH3 is 1. The van der Waals surface area contributed by atoms with Gasteiger partial charge in [0, 0.05) is 20.1 Å². The van der Waals surface area contributed by atoms with Crippen molar-refractivity contribution < 1.29 is 9.53 Å². The van der Waals surface area contributed by atoms with Crippen LogP contribution in [0.25, 0.3) is 0 Å². The van der Waals surface area contributed by atoms with Crippen molar-refractivity contribution >= 4 is 11.9 Å².